The van der Waals surface area contributed by atoms with Gasteiger partial charge in [-0.25, -0.2) is 22.5 Å². The normalized spacial score (nSPS) is 18.1. The van der Waals surface area contributed by atoms with Crippen LogP contribution in [0.5, 0.6) is 0 Å². The van der Waals surface area contributed by atoms with E-state index in [4.69, 9.17) is 17.3 Å². The molecule has 0 aliphatic heterocycles. The number of nitrogen functional groups attached to an aromatic ring is 1. The van der Waals surface area contributed by atoms with Gasteiger partial charge in [0.15, 0.2) is 5.65 Å². The van der Waals surface area contributed by atoms with Gasteiger partial charge < -0.3 is 16.2 Å². The first-order chi connectivity index (χ1) is 24.5. The van der Waals surface area contributed by atoms with Gasteiger partial charge in [0.1, 0.15) is 46.0 Å². The van der Waals surface area contributed by atoms with Crippen LogP contribution in [0, 0.1) is 29.4 Å². The second-order valence-corrected chi connectivity index (χ2v) is 13.7. The van der Waals surface area contributed by atoms with E-state index in [9.17, 15) is 27.5 Å². The van der Waals surface area contributed by atoms with Crippen molar-refractivity contribution in [2.45, 2.75) is 69.6 Å². The molecule has 2 aliphatic carbocycles. The summed E-state index contributed by atoms with van der Waals surface area (Å²) in [6.07, 6.45) is -3.00. The zero-order valence-corrected chi connectivity index (χ0v) is 28.2. The number of hydrogen-bond acceptors (Lipinski definition) is 7. The largest absolute Gasteiger partial charge is 0.378 e. The first-order valence-corrected chi connectivity index (χ1v) is 16.5. The van der Waals surface area contributed by atoms with Gasteiger partial charge in [-0.3, -0.25) is 13.9 Å². The maximum Gasteiger partial charge on any atom is 0.293 e. The third-order valence-corrected chi connectivity index (χ3v) is 9.51. The lowest BCUT2D eigenvalue weighted by atomic mass is 9.73. The Bertz CT molecular complexity index is 2290. The lowest BCUT2D eigenvalue weighted by molar-refractivity contribution is -0.123. The Kier molecular flexibility index (Phi) is 8.69. The van der Waals surface area contributed by atoms with Gasteiger partial charge in [-0.15, -0.1) is 10.2 Å². The number of rotatable bonds is 8. The minimum Gasteiger partial charge on any atom is -0.378 e. The number of aliphatic hydroxyl groups is 1. The maximum absolute atomic E-state index is 15.5. The number of benzene rings is 1. The molecule has 1 amide bonds. The molecule has 2 aliphatic rings. The van der Waals surface area contributed by atoms with E-state index < -0.39 is 71.3 Å². The molecule has 270 valence electrons. The van der Waals surface area contributed by atoms with E-state index in [1.54, 1.807) is 12.1 Å². The van der Waals surface area contributed by atoms with Crippen LogP contribution in [0.1, 0.15) is 79.0 Å². The standard InChI is InChI=1S/C35H29ClF6N8O2/c1-34(2,52)10-9-19-3-4-20(21-6-8-25(36)50-32(21)46-47-33(50)43)28(44-19)24(13-16-11-17(37)14-18(38)12-16)45-26(51)15-49-30-27(29(48-49)31(39)40)22-5-7-23(22)35(30,41)42/h3-4,6,8,11-12,14,22-24,31,52H,5,7,13,15H2,1-2H3,(H2,43,47)(H,45,51). The third-order valence-electron chi connectivity index (χ3n) is 9.21. The summed E-state index contributed by atoms with van der Waals surface area (Å²) in [7, 11) is 0. The summed E-state index contributed by atoms with van der Waals surface area (Å²) in [4.78, 5) is 18.5. The van der Waals surface area contributed by atoms with Gasteiger partial charge in [0.05, 0.1) is 11.7 Å². The number of fused-ring (bicyclic) bond motifs is 4. The van der Waals surface area contributed by atoms with Crippen molar-refractivity contribution in [2.24, 2.45) is 5.92 Å². The molecule has 1 saturated carbocycles. The van der Waals surface area contributed by atoms with Gasteiger partial charge in [0.2, 0.25) is 11.9 Å². The average Bonchev–Trinajstić information content (AvgIpc) is 3.64. The number of nitrogens with two attached hydrogens (primary N) is 1. The summed E-state index contributed by atoms with van der Waals surface area (Å²) in [6.45, 7) is 2.03. The van der Waals surface area contributed by atoms with Crippen LogP contribution in [0.2, 0.25) is 5.15 Å². The molecule has 3 unspecified atom stereocenters. The van der Waals surface area contributed by atoms with Crippen LogP contribution in [0.4, 0.5) is 32.3 Å². The minimum absolute atomic E-state index is 0.0377. The Labute approximate surface area is 297 Å². The average molecular weight is 743 g/mol. The van der Waals surface area contributed by atoms with Crippen LogP contribution in [0.15, 0.2) is 42.5 Å². The Hall–Kier alpha value is -5.14. The monoisotopic (exact) mass is 742 g/mol. The molecular formula is C35H29ClF6N8O2. The van der Waals surface area contributed by atoms with Crippen LogP contribution in [-0.2, 0) is 23.7 Å². The Morgan fingerprint density at radius 2 is 1.81 bits per heavy atom. The SMILES string of the molecule is CC(C)(O)C#Cc1ccc(-c2ccc(Cl)n3c(N)nnc23)c(C(Cc2cc(F)cc(F)c2)NC(=O)Cn2nc(C(F)F)c3c2C(F)(F)C2CCC32)n1. The number of carbonyl (C=O) groups excluding carboxylic acids is 1. The second kappa shape index (κ2) is 12.8. The molecule has 0 bridgehead atoms. The van der Waals surface area contributed by atoms with E-state index in [1.165, 1.54) is 30.4 Å². The number of nitrogens with one attached hydrogen (secondary N) is 1. The quantitative estimate of drug-likeness (QED) is 0.0971. The summed E-state index contributed by atoms with van der Waals surface area (Å²) < 4.78 is 90.0. The van der Waals surface area contributed by atoms with Crippen molar-refractivity contribution in [3.05, 3.63) is 93.2 Å². The van der Waals surface area contributed by atoms with Gasteiger partial charge in [0, 0.05) is 28.7 Å². The lowest BCUT2D eigenvalue weighted by Gasteiger charge is -2.34. The van der Waals surface area contributed by atoms with E-state index in [0.717, 1.165) is 12.1 Å². The zero-order chi connectivity index (χ0) is 37.3. The van der Waals surface area contributed by atoms with E-state index in [2.05, 4.69) is 37.4 Å². The summed E-state index contributed by atoms with van der Waals surface area (Å²) in [5.41, 5.74) is 4.01. The fraction of sp³-hybridized carbons (Fsp3) is 0.343. The summed E-state index contributed by atoms with van der Waals surface area (Å²) >= 11 is 6.37. The molecule has 0 saturated heterocycles. The van der Waals surface area contributed by atoms with E-state index >= 15 is 8.78 Å². The number of carbonyl (C=O) groups is 1. The van der Waals surface area contributed by atoms with Crippen molar-refractivity contribution in [2.75, 3.05) is 5.73 Å². The maximum atomic E-state index is 15.5. The molecule has 5 aromatic rings. The molecule has 4 N–H and O–H groups in total. The van der Waals surface area contributed by atoms with Crippen LogP contribution in [-0.4, -0.2) is 46.0 Å². The number of hydrogen-bond donors (Lipinski definition) is 3. The smallest absolute Gasteiger partial charge is 0.293 e. The number of halogens is 7. The molecule has 3 atom stereocenters. The van der Waals surface area contributed by atoms with Gasteiger partial charge in [-0.2, -0.15) is 13.9 Å². The van der Waals surface area contributed by atoms with E-state index in [0.29, 0.717) is 28.3 Å². The first-order valence-electron chi connectivity index (χ1n) is 16.1. The van der Waals surface area contributed by atoms with Crippen LogP contribution >= 0.6 is 11.6 Å². The molecule has 0 radical (unpaired) electrons. The summed E-state index contributed by atoms with van der Waals surface area (Å²) in [6, 6.07) is 7.72. The Balaban J connectivity index is 1.35. The number of alkyl halides is 4. The molecule has 1 aromatic carbocycles. The zero-order valence-electron chi connectivity index (χ0n) is 27.4. The number of aromatic nitrogens is 6. The predicted molar refractivity (Wildman–Crippen MR) is 176 cm³/mol. The fourth-order valence-corrected chi connectivity index (χ4v) is 7.18. The van der Waals surface area contributed by atoms with Crippen molar-refractivity contribution in [3.63, 3.8) is 0 Å². The highest BCUT2D eigenvalue weighted by Gasteiger charge is 2.62. The fourth-order valence-electron chi connectivity index (χ4n) is 6.95. The molecule has 52 heavy (non-hydrogen) atoms. The summed E-state index contributed by atoms with van der Waals surface area (Å²) in [5, 5.41) is 24.9. The van der Waals surface area contributed by atoms with E-state index in [1.807, 2.05) is 0 Å². The lowest BCUT2D eigenvalue weighted by Crippen LogP contribution is -2.36. The highest BCUT2D eigenvalue weighted by Crippen LogP contribution is 2.63. The van der Waals surface area contributed by atoms with Gasteiger partial charge >= 0.3 is 0 Å². The summed E-state index contributed by atoms with van der Waals surface area (Å²) in [5.74, 6) is -2.80. The van der Waals surface area contributed by atoms with Crippen molar-refractivity contribution >= 4 is 29.1 Å². The van der Waals surface area contributed by atoms with Crippen LogP contribution in [0.25, 0.3) is 16.8 Å². The molecule has 0 spiro atoms. The number of anilines is 1. The molecule has 7 rings (SSSR count). The number of amides is 1. The molecule has 4 aromatic heterocycles. The molecular weight excluding hydrogens is 714 g/mol. The highest BCUT2D eigenvalue weighted by atomic mass is 35.5. The number of pyridine rings is 2. The molecule has 17 heteroatoms. The highest BCUT2D eigenvalue weighted by molar-refractivity contribution is 6.30. The van der Waals surface area contributed by atoms with Gasteiger partial charge in [-0.1, -0.05) is 17.5 Å². The van der Waals surface area contributed by atoms with Crippen LogP contribution in [0.3, 0.4) is 0 Å². The van der Waals surface area contributed by atoms with Crippen molar-refractivity contribution in [1.82, 2.24) is 34.7 Å². The second-order valence-electron chi connectivity index (χ2n) is 13.3. The first kappa shape index (κ1) is 35.3. The molecule has 4 heterocycles. The third kappa shape index (κ3) is 6.32. The Morgan fingerprint density at radius 1 is 1.10 bits per heavy atom. The minimum atomic E-state index is -3.49. The predicted octanol–water partition coefficient (Wildman–Crippen LogP) is 6.26. The van der Waals surface area contributed by atoms with E-state index in [-0.39, 0.29) is 52.1 Å². The van der Waals surface area contributed by atoms with Crippen LogP contribution < -0.4 is 11.1 Å². The van der Waals surface area contributed by atoms with Gasteiger partial charge in [0.25, 0.3) is 12.3 Å². The van der Waals surface area contributed by atoms with Gasteiger partial charge in [-0.05, 0) is 86.9 Å². The van der Waals surface area contributed by atoms with Crippen molar-refractivity contribution < 1.29 is 36.2 Å². The molecule has 10 nitrogen and oxygen atoms in total. The molecule has 1 fully saturated rings. The van der Waals surface area contributed by atoms with Crippen molar-refractivity contribution in [1.29, 1.82) is 0 Å². The Morgan fingerprint density at radius 3 is 2.46 bits per heavy atom. The topological polar surface area (TPSA) is 136 Å². The van der Waals surface area contributed by atoms with Crippen molar-refractivity contribution in [3.8, 4) is 23.0 Å². The number of nitrogens with zero attached hydrogens (tertiary/aromatic N) is 6.